The van der Waals surface area contributed by atoms with Gasteiger partial charge in [-0.15, -0.1) is 0 Å². The fourth-order valence-corrected chi connectivity index (χ4v) is 3.15. The molecule has 0 bridgehead atoms. The zero-order valence-electron chi connectivity index (χ0n) is 15.2. The minimum absolute atomic E-state index is 0.989. The van der Waals surface area contributed by atoms with Gasteiger partial charge in [-0.3, -0.25) is 0 Å². The summed E-state index contributed by atoms with van der Waals surface area (Å²) in [5, 5.41) is 3.53. The Morgan fingerprint density at radius 2 is 1.68 bits per heavy atom. The monoisotopic (exact) mass is 335 g/mol. The molecule has 0 radical (unpaired) electrons. The van der Waals surface area contributed by atoms with Gasteiger partial charge in [-0.1, -0.05) is 75.8 Å². The van der Waals surface area contributed by atoms with Crippen LogP contribution in [0.15, 0.2) is 54.9 Å². The fourth-order valence-electron chi connectivity index (χ4n) is 3.15. The SMILES string of the molecule is CCCCCCCCCNc1ccn2cc(-c3ccccc3)nc2c1. The molecule has 2 aromatic heterocycles. The Morgan fingerprint density at radius 3 is 2.48 bits per heavy atom. The summed E-state index contributed by atoms with van der Waals surface area (Å²) in [6.45, 7) is 3.31. The number of anilines is 1. The minimum Gasteiger partial charge on any atom is -0.385 e. The summed E-state index contributed by atoms with van der Waals surface area (Å²) in [7, 11) is 0. The lowest BCUT2D eigenvalue weighted by atomic mass is 10.1. The van der Waals surface area contributed by atoms with Gasteiger partial charge in [0.15, 0.2) is 0 Å². The first kappa shape index (κ1) is 17.5. The molecular formula is C22H29N3. The molecule has 0 aliphatic carbocycles. The van der Waals surface area contributed by atoms with E-state index >= 15 is 0 Å². The van der Waals surface area contributed by atoms with Crippen molar-refractivity contribution in [1.29, 1.82) is 0 Å². The Kier molecular flexibility index (Phi) is 6.49. The number of fused-ring (bicyclic) bond motifs is 1. The highest BCUT2D eigenvalue weighted by molar-refractivity contribution is 5.64. The molecule has 25 heavy (non-hydrogen) atoms. The van der Waals surface area contributed by atoms with Crippen LogP contribution in [0.1, 0.15) is 51.9 Å². The molecule has 3 rings (SSSR count). The van der Waals surface area contributed by atoms with Gasteiger partial charge in [0, 0.05) is 36.3 Å². The normalized spacial score (nSPS) is 11.1. The Labute approximate surface area is 151 Å². The fraction of sp³-hybridized carbons (Fsp3) is 0.409. The van der Waals surface area contributed by atoms with Crippen LogP contribution in [-0.4, -0.2) is 15.9 Å². The largest absolute Gasteiger partial charge is 0.385 e. The van der Waals surface area contributed by atoms with Crippen molar-refractivity contribution in [3.05, 3.63) is 54.9 Å². The molecule has 0 amide bonds. The molecule has 0 unspecified atom stereocenters. The predicted octanol–water partition coefficient (Wildman–Crippen LogP) is 6.16. The van der Waals surface area contributed by atoms with Crippen molar-refractivity contribution in [1.82, 2.24) is 9.38 Å². The molecule has 0 saturated heterocycles. The van der Waals surface area contributed by atoms with Gasteiger partial charge >= 0.3 is 0 Å². The maximum atomic E-state index is 4.75. The van der Waals surface area contributed by atoms with Crippen LogP contribution in [0.3, 0.4) is 0 Å². The molecule has 3 heteroatoms. The first-order chi connectivity index (χ1) is 12.4. The van der Waals surface area contributed by atoms with Crippen LogP contribution in [0, 0.1) is 0 Å². The van der Waals surface area contributed by atoms with E-state index in [0.29, 0.717) is 0 Å². The zero-order valence-corrected chi connectivity index (χ0v) is 15.2. The number of nitrogens with zero attached hydrogens (tertiary/aromatic N) is 2. The summed E-state index contributed by atoms with van der Waals surface area (Å²) in [5.74, 6) is 0. The predicted molar refractivity (Wildman–Crippen MR) is 107 cm³/mol. The summed E-state index contributed by atoms with van der Waals surface area (Å²) in [5.41, 5.74) is 4.32. The molecule has 0 aliphatic rings. The van der Waals surface area contributed by atoms with Crippen LogP contribution >= 0.6 is 0 Å². The van der Waals surface area contributed by atoms with Crippen LogP contribution in [0.2, 0.25) is 0 Å². The first-order valence-electron chi connectivity index (χ1n) is 9.65. The lowest BCUT2D eigenvalue weighted by Gasteiger charge is -2.06. The van der Waals surface area contributed by atoms with Crippen molar-refractivity contribution in [3.63, 3.8) is 0 Å². The van der Waals surface area contributed by atoms with E-state index in [1.165, 1.54) is 44.9 Å². The van der Waals surface area contributed by atoms with Crippen molar-refractivity contribution in [3.8, 4) is 11.3 Å². The second-order valence-electron chi connectivity index (χ2n) is 6.72. The second-order valence-corrected chi connectivity index (χ2v) is 6.72. The van der Waals surface area contributed by atoms with E-state index in [4.69, 9.17) is 4.98 Å². The van der Waals surface area contributed by atoms with Gasteiger partial charge in [0.1, 0.15) is 5.65 Å². The number of rotatable bonds is 10. The number of imidazole rings is 1. The van der Waals surface area contributed by atoms with E-state index < -0.39 is 0 Å². The van der Waals surface area contributed by atoms with E-state index in [9.17, 15) is 0 Å². The smallest absolute Gasteiger partial charge is 0.139 e. The van der Waals surface area contributed by atoms with Gasteiger partial charge in [-0.2, -0.15) is 0 Å². The van der Waals surface area contributed by atoms with Crippen LogP contribution < -0.4 is 5.32 Å². The highest BCUT2D eigenvalue weighted by Gasteiger charge is 2.04. The molecule has 0 aliphatic heterocycles. The van der Waals surface area contributed by atoms with Crippen molar-refractivity contribution >= 4 is 11.3 Å². The van der Waals surface area contributed by atoms with E-state index in [-0.39, 0.29) is 0 Å². The Bertz CT molecular complexity index is 761. The molecule has 0 spiro atoms. The molecule has 0 saturated carbocycles. The number of hydrogen-bond donors (Lipinski definition) is 1. The summed E-state index contributed by atoms with van der Waals surface area (Å²) in [6, 6.07) is 14.6. The highest BCUT2D eigenvalue weighted by Crippen LogP contribution is 2.20. The molecule has 1 N–H and O–H groups in total. The lowest BCUT2D eigenvalue weighted by Crippen LogP contribution is -2.01. The highest BCUT2D eigenvalue weighted by atomic mass is 15.0. The maximum Gasteiger partial charge on any atom is 0.139 e. The first-order valence-corrected chi connectivity index (χ1v) is 9.65. The third-order valence-electron chi connectivity index (χ3n) is 4.64. The molecular weight excluding hydrogens is 306 g/mol. The quantitative estimate of drug-likeness (QED) is 0.449. The lowest BCUT2D eigenvalue weighted by molar-refractivity contribution is 0.596. The van der Waals surface area contributed by atoms with Gasteiger partial charge < -0.3 is 9.72 Å². The molecule has 3 aromatic rings. The average Bonchev–Trinajstić information content (AvgIpc) is 3.08. The Hall–Kier alpha value is -2.29. The third-order valence-corrected chi connectivity index (χ3v) is 4.64. The number of nitrogens with one attached hydrogen (secondary N) is 1. The van der Waals surface area contributed by atoms with Crippen LogP contribution in [0.25, 0.3) is 16.9 Å². The zero-order chi connectivity index (χ0) is 17.3. The van der Waals surface area contributed by atoms with E-state index in [1.807, 2.05) is 6.07 Å². The van der Waals surface area contributed by atoms with Crippen LogP contribution in [0.5, 0.6) is 0 Å². The molecule has 2 heterocycles. The van der Waals surface area contributed by atoms with E-state index in [0.717, 1.165) is 29.1 Å². The van der Waals surface area contributed by atoms with Crippen molar-refractivity contribution < 1.29 is 0 Å². The van der Waals surface area contributed by atoms with Crippen LogP contribution in [0.4, 0.5) is 5.69 Å². The number of unbranched alkanes of at least 4 members (excludes halogenated alkanes) is 6. The van der Waals surface area contributed by atoms with Crippen molar-refractivity contribution in [2.45, 2.75) is 51.9 Å². The molecule has 0 fully saturated rings. The molecule has 1 aromatic carbocycles. The average molecular weight is 335 g/mol. The number of hydrogen-bond acceptors (Lipinski definition) is 2. The summed E-state index contributed by atoms with van der Waals surface area (Å²) in [4.78, 5) is 4.75. The molecule has 132 valence electrons. The van der Waals surface area contributed by atoms with Gasteiger partial charge in [0.25, 0.3) is 0 Å². The maximum absolute atomic E-state index is 4.75. The number of aromatic nitrogens is 2. The second kappa shape index (κ2) is 9.26. The van der Waals surface area contributed by atoms with E-state index in [2.05, 4.69) is 65.4 Å². The van der Waals surface area contributed by atoms with Gasteiger partial charge in [0.05, 0.1) is 5.69 Å². The summed E-state index contributed by atoms with van der Waals surface area (Å²) in [6.07, 6.45) is 13.6. The number of pyridine rings is 1. The summed E-state index contributed by atoms with van der Waals surface area (Å²) >= 11 is 0. The summed E-state index contributed by atoms with van der Waals surface area (Å²) < 4.78 is 2.08. The number of benzene rings is 1. The van der Waals surface area contributed by atoms with Gasteiger partial charge in [0.2, 0.25) is 0 Å². The molecule has 3 nitrogen and oxygen atoms in total. The van der Waals surface area contributed by atoms with Crippen molar-refractivity contribution in [2.75, 3.05) is 11.9 Å². The molecule has 0 atom stereocenters. The minimum atomic E-state index is 0.989. The topological polar surface area (TPSA) is 29.3 Å². The van der Waals surface area contributed by atoms with Crippen molar-refractivity contribution in [2.24, 2.45) is 0 Å². The van der Waals surface area contributed by atoms with Gasteiger partial charge in [-0.25, -0.2) is 4.98 Å². The standard InChI is InChI=1S/C22H29N3/c1-2-3-4-5-6-7-11-15-23-20-14-16-25-18-21(24-22(25)17-20)19-12-9-8-10-13-19/h8-10,12-14,16-18,23H,2-7,11,15H2,1H3. The third kappa shape index (κ3) is 5.09. The van der Waals surface area contributed by atoms with E-state index in [1.54, 1.807) is 0 Å². The Morgan fingerprint density at radius 1 is 0.920 bits per heavy atom. The Balaban J connectivity index is 1.50. The van der Waals surface area contributed by atoms with Crippen LogP contribution in [-0.2, 0) is 0 Å². The van der Waals surface area contributed by atoms with Gasteiger partial charge in [-0.05, 0) is 12.5 Å².